The van der Waals surface area contributed by atoms with Gasteiger partial charge in [0.25, 0.3) is 0 Å². The maximum absolute atomic E-state index is 5.97. The van der Waals surface area contributed by atoms with Crippen LogP contribution in [0.2, 0.25) is 0 Å². The van der Waals surface area contributed by atoms with Crippen molar-refractivity contribution in [3.05, 3.63) is 103 Å². The Morgan fingerprint density at radius 2 is 1.54 bits per heavy atom. The van der Waals surface area contributed by atoms with E-state index in [1.165, 1.54) is 5.56 Å². The van der Waals surface area contributed by atoms with E-state index in [2.05, 4.69) is 44.1 Å². The van der Waals surface area contributed by atoms with Gasteiger partial charge in [0.1, 0.15) is 24.7 Å². The van der Waals surface area contributed by atoms with Crippen molar-refractivity contribution in [2.45, 2.75) is 13.1 Å². The van der Waals surface area contributed by atoms with E-state index in [0.29, 0.717) is 32.2 Å². The summed E-state index contributed by atoms with van der Waals surface area (Å²) in [6.45, 7) is 2.18. The van der Waals surface area contributed by atoms with Crippen LogP contribution < -0.4 is 24.0 Å². The Balaban J connectivity index is 1.29. The number of pyridine rings is 1. The second-order valence-electron chi connectivity index (χ2n) is 9.40. The Kier molecular flexibility index (Phi) is 8.12. The molecule has 0 atom stereocenters. The van der Waals surface area contributed by atoms with Gasteiger partial charge in [-0.25, -0.2) is 9.97 Å². The van der Waals surface area contributed by atoms with E-state index in [0.717, 1.165) is 39.5 Å². The highest BCUT2D eigenvalue weighted by Gasteiger charge is 2.12. The lowest BCUT2D eigenvalue weighted by molar-refractivity contribution is 0.212. The summed E-state index contributed by atoms with van der Waals surface area (Å²) in [6, 6.07) is 26.4. The molecule has 8 nitrogen and oxygen atoms in total. The number of H-pyrrole nitrogens is 1. The SMILES string of the molecule is COc1cccc(CN(Cc2ccc3nc[nH]c3c2)c2ccnc(OCCOc3cccc(N(C)C)c3)c2)c1. The summed E-state index contributed by atoms with van der Waals surface area (Å²) in [6.07, 6.45) is 3.50. The highest BCUT2D eigenvalue weighted by Crippen LogP contribution is 2.26. The topological polar surface area (TPSA) is 75.7 Å². The molecule has 0 radical (unpaired) electrons. The largest absolute Gasteiger partial charge is 0.497 e. The number of fused-ring (bicyclic) bond motifs is 1. The zero-order chi connectivity index (χ0) is 27.0. The lowest BCUT2D eigenvalue weighted by Crippen LogP contribution is -2.22. The monoisotopic (exact) mass is 523 g/mol. The average molecular weight is 524 g/mol. The zero-order valence-electron chi connectivity index (χ0n) is 22.5. The first kappa shape index (κ1) is 25.9. The minimum atomic E-state index is 0.384. The molecule has 2 heterocycles. The van der Waals surface area contributed by atoms with Crippen LogP contribution in [0, 0.1) is 0 Å². The molecule has 200 valence electrons. The highest BCUT2D eigenvalue weighted by atomic mass is 16.5. The van der Waals surface area contributed by atoms with Crippen molar-refractivity contribution in [1.29, 1.82) is 0 Å². The van der Waals surface area contributed by atoms with E-state index < -0.39 is 0 Å². The summed E-state index contributed by atoms with van der Waals surface area (Å²) in [5, 5.41) is 0. The summed E-state index contributed by atoms with van der Waals surface area (Å²) in [5.74, 6) is 2.20. The van der Waals surface area contributed by atoms with Crippen LogP contribution in [0.4, 0.5) is 11.4 Å². The fourth-order valence-electron chi connectivity index (χ4n) is 4.36. The van der Waals surface area contributed by atoms with Crippen molar-refractivity contribution in [3.63, 3.8) is 0 Å². The normalized spacial score (nSPS) is 10.8. The Morgan fingerprint density at radius 3 is 2.38 bits per heavy atom. The Labute approximate surface area is 228 Å². The summed E-state index contributed by atoms with van der Waals surface area (Å²) in [5.41, 5.74) is 6.38. The number of aromatic nitrogens is 3. The van der Waals surface area contributed by atoms with E-state index in [4.69, 9.17) is 14.2 Å². The van der Waals surface area contributed by atoms with Gasteiger partial charge in [0.2, 0.25) is 5.88 Å². The van der Waals surface area contributed by atoms with Crippen LogP contribution in [0.5, 0.6) is 17.4 Å². The van der Waals surface area contributed by atoms with Gasteiger partial charge in [-0.15, -0.1) is 0 Å². The molecule has 0 aliphatic heterocycles. The third kappa shape index (κ3) is 6.78. The van der Waals surface area contributed by atoms with E-state index >= 15 is 0 Å². The van der Waals surface area contributed by atoms with Gasteiger partial charge >= 0.3 is 0 Å². The quantitative estimate of drug-likeness (QED) is 0.210. The summed E-state index contributed by atoms with van der Waals surface area (Å²) < 4.78 is 17.3. The summed E-state index contributed by atoms with van der Waals surface area (Å²) in [4.78, 5) is 16.3. The van der Waals surface area contributed by atoms with Crippen LogP contribution >= 0.6 is 0 Å². The molecule has 5 aromatic rings. The van der Waals surface area contributed by atoms with Crippen molar-refractivity contribution >= 4 is 22.4 Å². The number of rotatable bonds is 12. The smallest absolute Gasteiger partial charge is 0.215 e. The number of nitrogens with one attached hydrogen (secondary N) is 1. The predicted molar refractivity (Wildman–Crippen MR) is 155 cm³/mol. The molecule has 8 heteroatoms. The second kappa shape index (κ2) is 12.2. The van der Waals surface area contributed by atoms with E-state index in [-0.39, 0.29) is 0 Å². The summed E-state index contributed by atoms with van der Waals surface area (Å²) >= 11 is 0. The summed E-state index contributed by atoms with van der Waals surface area (Å²) in [7, 11) is 5.70. The van der Waals surface area contributed by atoms with Crippen LogP contribution in [0.1, 0.15) is 11.1 Å². The number of hydrogen-bond donors (Lipinski definition) is 1. The molecule has 0 aliphatic carbocycles. The molecule has 2 aromatic heterocycles. The zero-order valence-corrected chi connectivity index (χ0v) is 22.5. The molecule has 0 bridgehead atoms. The molecule has 0 saturated carbocycles. The Bertz CT molecular complexity index is 1520. The Morgan fingerprint density at radius 1 is 0.744 bits per heavy atom. The molecule has 1 N–H and O–H groups in total. The van der Waals surface area contributed by atoms with E-state index in [1.807, 2.05) is 73.6 Å². The minimum Gasteiger partial charge on any atom is -0.497 e. The lowest BCUT2D eigenvalue weighted by Gasteiger charge is -2.26. The van der Waals surface area contributed by atoms with Gasteiger partial charge in [-0.2, -0.15) is 0 Å². The van der Waals surface area contributed by atoms with Gasteiger partial charge in [0.15, 0.2) is 0 Å². The first-order valence-corrected chi connectivity index (χ1v) is 12.9. The van der Waals surface area contributed by atoms with Crippen LogP contribution in [0.3, 0.4) is 0 Å². The molecule has 3 aromatic carbocycles. The number of ether oxygens (including phenoxy) is 3. The number of aromatic amines is 1. The standard InChI is InChI=1S/C31H33N5O3/c1-35(2)25-7-5-9-28(18-25)38-14-15-39-31-19-26(12-13-32-31)36(20-23-6-4-8-27(16-23)37-3)21-24-10-11-29-30(17-24)34-22-33-29/h4-13,16-19,22H,14-15,20-21H2,1-3H3,(H,33,34). The lowest BCUT2D eigenvalue weighted by atomic mass is 10.1. The number of anilines is 2. The van der Waals surface area contributed by atoms with E-state index in [1.54, 1.807) is 19.6 Å². The van der Waals surface area contributed by atoms with Crippen LogP contribution in [0.15, 0.2) is 91.4 Å². The van der Waals surface area contributed by atoms with Crippen molar-refractivity contribution in [2.24, 2.45) is 0 Å². The van der Waals surface area contributed by atoms with Crippen molar-refractivity contribution in [2.75, 3.05) is 44.2 Å². The van der Waals surface area contributed by atoms with E-state index in [9.17, 15) is 0 Å². The fraction of sp³-hybridized carbons (Fsp3) is 0.226. The average Bonchev–Trinajstić information content (AvgIpc) is 3.43. The van der Waals surface area contributed by atoms with Gasteiger partial charge in [-0.3, -0.25) is 0 Å². The van der Waals surface area contributed by atoms with Gasteiger partial charge in [0.05, 0.1) is 24.5 Å². The molecule has 0 spiro atoms. The first-order chi connectivity index (χ1) is 19.1. The van der Waals surface area contributed by atoms with Crippen molar-refractivity contribution in [3.8, 4) is 17.4 Å². The number of benzene rings is 3. The molecule has 5 rings (SSSR count). The molecular weight excluding hydrogens is 490 g/mol. The maximum Gasteiger partial charge on any atom is 0.215 e. The molecule has 39 heavy (non-hydrogen) atoms. The van der Waals surface area contributed by atoms with Crippen molar-refractivity contribution < 1.29 is 14.2 Å². The van der Waals surface area contributed by atoms with Crippen LogP contribution in [-0.2, 0) is 13.1 Å². The molecule has 0 saturated heterocycles. The van der Waals surface area contributed by atoms with Gasteiger partial charge in [-0.1, -0.05) is 24.3 Å². The number of methoxy groups -OCH3 is 1. The molecule has 0 unspecified atom stereocenters. The Hall–Kier alpha value is -4.72. The first-order valence-electron chi connectivity index (χ1n) is 12.9. The number of hydrogen-bond acceptors (Lipinski definition) is 7. The predicted octanol–water partition coefficient (Wildman–Crippen LogP) is 5.70. The molecular formula is C31H33N5O3. The van der Waals surface area contributed by atoms with Crippen LogP contribution in [-0.4, -0.2) is 49.4 Å². The third-order valence-corrected chi connectivity index (χ3v) is 6.39. The third-order valence-electron chi connectivity index (χ3n) is 6.39. The van der Waals surface area contributed by atoms with Crippen LogP contribution in [0.25, 0.3) is 11.0 Å². The molecule has 0 fully saturated rings. The molecule has 0 aliphatic rings. The fourth-order valence-corrected chi connectivity index (χ4v) is 4.36. The number of imidazole rings is 1. The minimum absolute atomic E-state index is 0.384. The maximum atomic E-state index is 5.97. The molecule has 0 amide bonds. The van der Waals surface area contributed by atoms with Gasteiger partial charge in [0, 0.05) is 56.9 Å². The van der Waals surface area contributed by atoms with Gasteiger partial charge in [-0.05, 0) is 53.6 Å². The number of nitrogens with zero attached hydrogens (tertiary/aromatic N) is 4. The second-order valence-corrected chi connectivity index (χ2v) is 9.40. The highest BCUT2D eigenvalue weighted by molar-refractivity contribution is 5.75. The van der Waals surface area contributed by atoms with Gasteiger partial charge < -0.3 is 29.0 Å². The van der Waals surface area contributed by atoms with Crippen molar-refractivity contribution in [1.82, 2.24) is 15.0 Å².